The lowest BCUT2D eigenvalue weighted by atomic mass is 10.1. The van der Waals surface area contributed by atoms with Crippen LogP contribution in [0, 0.1) is 0 Å². The van der Waals surface area contributed by atoms with Crippen LogP contribution in [0.4, 0.5) is 5.69 Å². The summed E-state index contributed by atoms with van der Waals surface area (Å²) in [4.78, 5) is 21.8. The molecule has 0 fully saturated rings. The highest BCUT2D eigenvalue weighted by molar-refractivity contribution is 6.12. The van der Waals surface area contributed by atoms with Gasteiger partial charge in [0.15, 0.2) is 5.65 Å². The van der Waals surface area contributed by atoms with Crippen molar-refractivity contribution in [2.45, 2.75) is 33.6 Å². The lowest BCUT2D eigenvalue weighted by Gasteiger charge is -2.29. The van der Waals surface area contributed by atoms with Gasteiger partial charge in [0.25, 0.3) is 5.91 Å². The van der Waals surface area contributed by atoms with Crippen LogP contribution in [-0.2, 0) is 0 Å². The van der Waals surface area contributed by atoms with Crippen molar-refractivity contribution in [1.29, 1.82) is 0 Å². The van der Waals surface area contributed by atoms with E-state index >= 15 is 0 Å². The predicted molar refractivity (Wildman–Crippen MR) is 116 cm³/mol. The number of nitrogens with zero attached hydrogens (tertiary/aromatic N) is 6. The third kappa shape index (κ3) is 3.70. The fourth-order valence-corrected chi connectivity index (χ4v) is 3.81. The van der Waals surface area contributed by atoms with Crippen LogP contribution in [0.15, 0.2) is 18.3 Å². The van der Waals surface area contributed by atoms with E-state index in [4.69, 9.17) is 0 Å². The zero-order valence-corrected chi connectivity index (χ0v) is 18.0. The molecule has 0 radical (unpaired) electrons. The van der Waals surface area contributed by atoms with E-state index in [0.717, 1.165) is 11.2 Å². The minimum absolute atomic E-state index is 0.0819. The average Bonchev–Trinajstić information content (AvgIpc) is 3.19. The number of aliphatic hydroxyl groups excluding tert-OH is 2. The Morgan fingerprint density at radius 3 is 2.33 bits per heavy atom. The average molecular weight is 415 g/mol. The number of hydrogen-bond acceptors (Lipinski definition) is 7. The highest BCUT2D eigenvalue weighted by Gasteiger charge is 2.29. The molecule has 0 saturated heterocycles. The maximum Gasteiger partial charge on any atom is 0.259 e. The van der Waals surface area contributed by atoms with Gasteiger partial charge in [-0.2, -0.15) is 0 Å². The lowest BCUT2D eigenvalue weighted by Crippen LogP contribution is -2.36. The van der Waals surface area contributed by atoms with Gasteiger partial charge in [-0.25, -0.2) is 4.98 Å². The van der Waals surface area contributed by atoms with Crippen molar-refractivity contribution < 1.29 is 15.0 Å². The predicted octanol–water partition coefficient (Wildman–Crippen LogP) is 1.67. The van der Waals surface area contributed by atoms with Gasteiger partial charge < -0.3 is 20.0 Å². The summed E-state index contributed by atoms with van der Waals surface area (Å²) in [6.45, 7) is 9.32. The highest BCUT2D eigenvalue weighted by atomic mass is 16.3. The van der Waals surface area contributed by atoms with E-state index in [1.54, 1.807) is 11.1 Å². The van der Waals surface area contributed by atoms with Crippen LogP contribution in [0.3, 0.4) is 0 Å². The van der Waals surface area contributed by atoms with Crippen LogP contribution in [0.1, 0.15) is 49.8 Å². The molecule has 0 saturated carbocycles. The first kappa shape index (κ1) is 21.9. The first-order valence-corrected chi connectivity index (χ1v) is 10.4. The molecule has 0 aromatic carbocycles. The number of rotatable bonds is 9. The number of carbonyl (C=O) groups excluding carboxylic acids is 1. The van der Waals surface area contributed by atoms with Crippen molar-refractivity contribution in [3.05, 3.63) is 29.7 Å². The number of aromatic nitrogens is 4. The monoisotopic (exact) mass is 414 g/mol. The number of amides is 1. The molecular formula is C21H30N6O3. The van der Waals surface area contributed by atoms with Crippen LogP contribution in [0.25, 0.3) is 16.7 Å². The van der Waals surface area contributed by atoms with Gasteiger partial charge in [0.2, 0.25) is 0 Å². The third-order valence-corrected chi connectivity index (χ3v) is 5.24. The Balaban J connectivity index is 2.49. The number of carbonyl (C=O) groups is 1. The van der Waals surface area contributed by atoms with Gasteiger partial charge in [-0.05, 0) is 26.0 Å². The summed E-state index contributed by atoms with van der Waals surface area (Å²) in [5.74, 6) is 0.650. The van der Waals surface area contributed by atoms with Gasteiger partial charge in [0, 0.05) is 43.7 Å². The fraction of sp³-hybridized carbons (Fsp3) is 0.524. The van der Waals surface area contributed by atoms with E-state index in [1.807, 2.05) is 49.1 Å². The molecule has 3 rings (SSSR count). The fourth-order valence-electron chi connectivity index (χ4n) is 3.81. The maximum atomic E-state index is 13.7. The molecule has 0 unspecified atom stereocenters. The van der Waals surface area contributed by atoms with Crippen LogP contribution >= 0.6 is 0 Å². The summed E-state index contributed by atoms with van der Waals surface area (Å²) < 4.78 is 1.86. The van der Waals surface area contributed by atoms with Crippen molar-refractivity contribution in [1.82, 2.24) is 24.5 Å². The zero-order valence-electron chi connectivity index (χ0n) is 18.0. The summed E-state index contributed by atoms with van der Waals surface area (Å²) in [6, 6.07) is 3.72. The molecule has 0 aliphatic carbocycles. The number of pyridine rings is 2. The quantitative estimate of drug-likeness (QED) is 0.548. The molecule has 0 bridgehead atoms. The van der Waals surface area contributed by atoms with Gasteiger partial charge >= 0.3 is 0 Å². The van der Waals surface area contributed by atoms with Gasteiger partial charge in [0.1, 0.15) is 17.0 Å². The van der Waals surface area contributed by atoms with E-state index in [9.17, 15) is 15.0 Å². The maximum absolute atomic E-state index is 13.7. The standard InChI is InChI=1S/C21H30N6O3/c1-5-25(6-2)21(30)16-17(26(10-12-28)11-13-29)15-8-7-9-22-19(15)27-18(14(3)4)23-24-20(16)27/h7-9,14,28-29H,5-6,10-13H2,1-4H3. The summed E-state index contributed by atoms with van der Waals surface area (Å²) in [7, 11) is 0. The number of aliphatic hydroxyl groups is 2. The normalized spacial score (nSPS) is 11.6. The Kier molecular flexibility index (Phi) is 6.84. The number of anilines is 1. The Labute approximate surface area is 176 Å². The molecule has 3 aromatic heterocycles. The van der Waals surface area contributed by atoms with Crippen molar-refractivity contribution in [2.75, 3.05) is 44.3 Å². The Hall–Kier alpha value is -2.78. The summed E-state index contributed by atoms with van der Waals surface area (Å²) in [5.41, 5.74) is 2.12. The second-order valence-electron chi connectivity index (χ2n) is 7.38. The summed E-state index contributed by atoms with van der Waals surface area (Å²) >= 11 is 0. The first-order chi connectivity index (χ1) is 14.5. The van der Waals surface area contributed by atoms with Crippen LogP contribution in [-0.4, -0.2) is 80.0 Å². The molecule has 0 aliphatic rings. The van der Waals surface area contributed by atoms with Crippen molar-refractivity contribution in [3.63, 3.8) is 0 Å². The van der Waals surface area contributed by atoms with Gasteiger partial charge in [-0.3, -0.25) is 9.20 Å². The molecule has 0 spiro atoms. The lowest BCUT2D eigenvalue weighted by molar-refractivity contribution is 0.0774. The molecule has 3 aromatic rings. The SMILES string of the molecule is CCN(CC)C(=O)c1c(N(CCO)CCO)c2cccnc2n2c(C(C)C)nnc12. The number of fused-ring (bicyclic) bond motifs is 3. The van der Waals surface area contributed by atoms with Gasteiger partial charge in [-0.15, -0.1) is 10.2 Å². The smallest absolute Gasteiger partial charge is 0.259 e. The molecule has 0 atom stereocenters. The van der Waals surface area contributed by atoms with Crippen molar-refractivity contribution in [3.8, 4) is 0 Å². The van der Waals surface area contributed by atoms with Crippen LogP contribution in [0.5, 0.6) is 0 Å². The molecule has 2 N–H and O–H groups in total. The highest BCUT2D eigenvalue weighted by Crippen LogP contribution is 2.35. The molecule has 1 amide bonds. The molecule has 162 valence electrons. The second-order valence-corrected chi connectivity index (χ2v) is 7.38. The van der Waals surface area contributed by atoms with E-state index in [-0.39, 0.29) is 38.1 Å². The molecule has 3 heterocycles. The molecule has 9 heteroatoms. The Bertz CT molecular complexity index is 1020. The summed E-state index contributed by atoms with van der Waals surface area (Å²) in [6.07, 6.45) is 1.70. The largest absolute Gasteiger partial charge is 0.395 e. The van der Waals surface area contributed by atoms with E-state index < -0.39 is 0 Å². The van der Waals surface area contributed by atoms with Gasteiger partial charge in [0.05, 0.1) is 18.9 Å². The molecule has 0 aliphatic heterocycles. The van der Waals surface area contributed by atoms with E-state index in [2.05, 4.69) is 15.2 Å². The Morgan fingerprint density at radius 1 is 1.10 bits per heavy atom. The van der Waals surface area contributed by atoms with Crippen LogP contribution in [0.2, 0.25) is 0 Å². The minimum Gasteiger partial charge on any atom is -0.395 e. The third-order valence-electron chi connectivity index (χ3n) is 5.24. The van der Waals surface area contributed by atoms with E-state index in [1.165, 1.54) is 0 Å². The first-order valence-electron chi connectivity index (χ1n) is 10.4. The molecule has 9 nitrogen and oxygen atoms in total. The zero-order chi connectivity index (χ0) is 21.8. The van der Waals surface area contributed by atoms with Crippen molar-refractivity contribution in [2.24, 2.45) is 0 Å². The topological polar surface area (TPSA) is 107 Å². The molecule has 30 heavy (non-hydrogen) atoms. The molecular weight excluding hydrogens is 384 g/mol. The minimum atomic E-state index is -0.158. The van der Waals surface area contributed by atoms with Crippen molar-refractivity contribution >= 4 is 28.3 Å². The van der Waals surface area contributed by atoms with E-state index in [0.29, 0.717) is 35.6 Å². The Morgan fingerprint density at radius 2 is 1.77 bits per heavy atom. The number of hydrogen-bond donors (Lipinski definition) is 2. The summed E-state index contributed by atoms with van der Waals surface area (Å²) in [5, 5.41) is 28.8. The van der Waals surface area contributed by atoms with Gasteiger partial charge in [-0.1, -0.05) is 13.8 Å². The van der Waals surface area contributed by atoms with Crippen LogP contribution < -0.4 is 4.90 Å². The second kappa shape index (κ2) is 9.36.